The number of benzene rings is 2. The molecule has 0 aliphatic carbocycles. The monoisotopic (exact) mass is 417 g/mol. The number of aryl methyl sites for hydroxylation is 1. The summed E-state index contributed by atoms with van der Waals surface area (Å²) in [6, 6.07) is 18.8. The average molecular weight is 418 g/mol. The second kappa shape index (κ2) is 7.77. The van der Waals surface area contributed by atoms with Crippen molar-refractivity contribution in [1.82, 2.24) is 9.97 Å². The topological polar surface area (TPSA) is 38.2 Å². The van der Waals surface area contributed by atoms with Gasteiger partial charge in [-0.3, -0.25) is 0 Å². The van der Waals surface area contributed by atoms with Gasteiger partial charge in [-0.15, -0.1) is 0 Å². The normalized spacial score (nSPS) is 16.9. The highest BCUT2D eigenvalue weighted by molar-refractivity contribution is 6.29. The van der Waals surface area contributed by atoms with Crippen molar-refractivity contribution in [2.24, 2.45) is 0 Å². The molecule has 1 spiro atoms. The first-order valence-corrected chi connectivity index (χ1v) is 10.9. The van der Waals surface area contributed by atoms with Gasteiger partial charge in [-0.2, -0.15) is 0 Å². The Kier molecular flexibility index (Phi) is 4.95. The summed E-state index contributed by atoms with van der Waals surface area (Å²) in [5.41, 5.74) is 3.32. The summed E-state index contributed by atoms with van der Waals surface area (Å²) in [5.74, 6) is 2.66. The molecule has 0 saturated carbocycles. The minimum absolute atomic E-state index is 0.248. The van der Waals surface area contributed by atoms with Crippen LogP contribution in [0.5, 0.6) is 5.75 Å². The fraction of sp³-hybridized carbons (Fsp3) is 0.280. The first-order chi connectivity index (χ1) is 14.6. The summed E-state index contributed by atoms with van der Waals surface area (Å²) >= 11 is 6.19. The van der Waals surface area contributed by atoms with Crippen molar-refractivity contribution in [2.75, 3.05) is 18.0 Å². The number of hydrogen-bond acceptors (Lipinski definition) is 4. The minimum Gasteiger partial charge on any atom is -0.482 e. The summed E-state index contributed by atoms with van der Waals surface area (Å²) in [5, 5.41) is 0.508. The first-order valence-electron chi connectivity index (χ1n) is 10.5. The summed E-state index contributed by atoms with van der Waals surface area (Å²) in [7, 11) is 0. The van der Waals surface area contributed by atoms with E-state index in [-0.39, 0.29) is 5.60 Å². The highest BCUT2D eigenvalue weighted by Crippen LogP contribution is 2.39. The SMILES string of the molecule is CCc1nc(Cl)cc(N2CCC3(C=Cc4cc(-c5ccccc5)ccc4O3)CC2)n1. The maximum Gasteiger partial charge on any atom is 0.134 e. The first kappa shape index (κ1) is 19.1. The van der Waals surface area contributed by atoms with Crippen LogP contribution in [0.25, 0.3) is 17.2 Å². The Morgan fingerprint density at radius 3 is 2.57 bits per heavy atom. The van der Waals surface area contributed by atoms with Crippen LogP contribution in [0.4, 0.5) is 5.82 Å². The predicted molar refractivity (Wildman–Crippen MR) is 122 cm³/mol. The van der Waals surface area contributed by atoms with E-state index in [4.69, 9.17) is 16.3 Å². The Morgan fingerprint density at radius 1 is 1.00 bits per heavy atom. The maximum absolute atomic E-state index is 6.53. The summed E-state index contributed by atoms with van der Waals surface area (Å²) < 4.78 is 6.53. The molecular weight excluding hydrogens is 394 g/mol. The van der Waals surface area contributed by atoms with E-state index in [1.165, 1.54) is 11.1 Å². The molecule has 1 saturated heterocycles. The Labute approximate surface area is 182 Å². The highest BCUT2D eigenvalue weighted by Gasteiger charge is 2.37. The Bertz CT molecular complexity index is 1090. The fourth-order valence-electron chi connectivity index (χ4n) is 4.23. The molecule has 5 rings (SSSR count). The zero-order valence-electron chi connectivity index (χ0n) is 17.0. The van der Waals surface area contributed by atoms with Crippen LogP contribution < -0.4 is 9.64 Å². The van der Waals surface area contributed by atoms with Gasteiger partial charge in [-0.25, -0.2) is 9.97 Å². The second-order valence-electron chi connectivity index (χ2n) is 7.92. The molecule has 1 fully saturated rings. The molecule has 1 aromatic heterocycles. The third-order valence-corrected chi connectivity index (χ3v) is 6.17. The number of rotatable bonds is 3. The van der Waals surface area contributed by atoms with Gasteiger partial charge in [0.2, 0.25) is 0 Å². The van der Waals surface area contributed by atoms with Crippen molar-refractivity contribution in [3.63, 3.8) is 0 Å². The van der Waals surface area contributed by atoms with Crippen molar-refractivity contribution < 1.29 is 4.74 Å². The van der Waals surface area contributed by atoms with Crippen LogP contribution in [0.3, 0.4) is 0 Å². The molecule has 0 unspecified atom stereocenters. The molecule has 2 aliphatic rings. The third-order valence-electron chi connectivity index (χ3n) is 5.97. The van der Waals surface area contributed by atoms with Gasteiger partial charge >= 0.3 is 0 Å². The number of fused-ring (bicyclic) bond motifs is 1. The van der Waals surface area contributed by atoms with Gasteiger partial charge in [0, 0.05) is 44.0 Å². The standard InChI is InChI=1S/C25H24ClN3O/c1-2-23-27-22(26)17-24(28-23)29-14-12-25(13-15-29)11-10-20-16-19(8-9-21(20)30-25)18-6-4-3-5-7-18/h3-11,16-17H,2,12-15H2,1H3. The number of anilines is 1. The van der Waals surface area contributed by atoms with E-state index in [0.29, 0.717) is 5.15 Å². The lowest BCUT2D eigenvalue weighted by Crippen LogP contribution is -2.48. The molecule has 3 aromatic rings. The van der Waals surface area contributed by atoms with E-state index in [9.17, 15) is 0 Å². The molecule has 5 heteroatoms. The molecule has 30 heavy (non-hydrogen) atoms. The van der Waals surface area contributed by atoms with Crippen LogP contribution >= 0.6 is 11.6 Å². The van der Waals surface area contributed by atoms with E-state index < -0.39 is 0 Å². The van der Waals surface area contributed by atoms with E-state index in [0.717, 1.165) is 55.3 Å². The smallest absolute Gasteiger partial charge is 0.134 e. The zero-order chi connectivity index (χ0) is 20.6. The van der Waals surface area contributed by atoms with Gasteiger partial charge < -0.3 is 9.64 Å². The van der Waals surface area contributed by atoms with Crippen LogP contribution in [0.1, 0.15) is 31.2 Å². The number of hydrogen-bond donors (Lipinski definition) is 0. The van der Waals surface area contributed by atoms with Gasteiger partial charge in [0.1, 0.15) is 28.1 Å². The van der Waals surface area contributed by atoms with Gasteiger partial charge in [0.25, 0.3) is 0 Å². The van der Waals surface area contributed by atoms with Crippen LogP contribution in [0, 0.1) is 0 Å². The molecule has 0 bridgehead atoms. The van der Waals surface area contributed by atoms with Crippen molar-refractivity contribution in [3.05, 3.63) is 77.2 Å². The molecule has 0 N–H and O–H groups in total. The quantitative estimate of drug-likeness (QED) is 0.504. The number of piperidine rings is 1. The van der Waals surface area contributed by atoms with Crippen molar-refractivity contribution in [1.29, 1.82) is 0 Å². The number of ether oxygens (including phenoxy) is 1. The molecule has 4 nitrogen and oxygen atoms in total. The molecule has 0 amide bonds. The molecule has 0 atom stereocenters. The molecular formula is C25H24ClN3O. The summed E-state index contributed by atoms with van der Waals surface area (Å²) in [6.07, 6.45) is 7.06. The summed E-state index contributed by atoms with van der Waals surface area (Å²) in [4.78, 5) is 11.2. The average Bonchev–Trinajstić information content (AvgIpc) is 2.79. The van der Waals surface area contributed by atoms with Crippen LogP contribution in [0.15, 0.2) is 60.7 Å². The van der Waals surface area contributed by atoms with Gasteiger partial charge in [0.15, 0.2) is 0 Å². The third kappa shape index (κ3) is 3.68. The molecule has 3 heterocycles. The molecule has 2 aliphatic heterocycles. The number of halogens is 1. The van der Waals surface area contributed by atoms with Gasteiger partial charge in [-0.1, -0.05) is 61.0 Å². The van der Waals surface area contributed by atoms with Gasteiger partial charge in [0.05, 0.1) is 0 Å². The Balaban J connectivity index is 1.32. The zero-order valence-corrected chi connectivity index (χ0v) is 17.8. The van der Waals surface area contributed by atoms with E-state index in [1.54, 1.807) is 0 Å². The lowest BCUT2D eigenvalue weighted by atomic mass is 9.87. The second-order valence-corrected chi connectivity index (χ2v) is 8.31. The number of nitrogens with zero attached hydrogens (tertiary/aromatic N) is 3. The van der Waals surface area contributed by atoms with Crippen molar-refractivity contribution in [2.45, 2.75) is 31.8 Å². The number of aromatic nitrogens is 2. The lowest BCUT2D eigenvalue weighted by molar-refractivity contribution is 0.0891. The van der Waals surface area contributed by atoms with Crippen LogP contribution in [-0.4, -0.2) is 28.7 Å². The van der Waals surface area contributed by atoms with E-state index in [2.05, 4.69) is 69.5 Å². The molecule has 2 aromatic carbocycles. The van der Waals surface area contributed by atoms with E-state index in [1.807, 2.05) is 19.1 Å². The Hall–Kier alpha value is -2.85. The maximum atomic E-state index is 6.53. The van der Waals surface area contributed by atoms with Crippen molar-refractivity contribution in [3.8, 4) is 16.9 Å². The predicted octanol–water partition coefficient (Wildman–Crippen LogP) is 5.80. The fourth-order valence-corrected chi connectivity index (χ4v) is 4.43. The van der Waals surface area contributed by atoms with E-state index >= 15 is 0 Å². The summed E-state index contributed by atoms with van der Waals surface area (Å²) in [6.45, 7) is 3.79. The van der Waals surface area contributed by atoms with Crippen LogP contribution in [0.2, 0.25) is 5.15 Å². The lowest BCUT2D eigenvalue weighted by Gasteiger charge is -2.42. The highest BCUT2D eigenvalue weighted by atomic mass is 35.5. The minimum atomic E-state index is -0.248. The largest absolute Gasteiger partial charge is 0.482 e. The van der Waals surface area contributed by atoms with Crippen molar-refractivity contribution >= 4 is 23.5 Å². The molecule has 0 radical (unpaired) electrons. The van der Waals surface area contributed by atoms with Crippen LogP contribution in [-0.2, 0) is 6.42 Å². The van der Waals surface area contributed by atoms with Gasteiger partial charge in [-0.05, 0) is 29.3 Å². The Morgan fingerprint density at radius 2 is 1.80 bits per heavy atom. The molecule has 152 valence electrons.